The number of aromatic amines is 1. The molecule has 1 heterocycles. The summed E-state index contributed by atoms with van der Waals surface area (Å²) in [5.41, 5.74) is 0.626. The molecule has 4 heteroatoms. The highest BCUT2D eigenvalue weighted by Gasteiger charge is 2.14. The molecule has 1 aromatic carbocycles. The van der Waals surface area contributed by atoms with E-state index in [4.69, 9.17) is 5.11 Å². The zero-order chi connectivity index (χ0) is 10.8. The molecule has 0 amide bonds. The van der Waals surface area contributed by atoms with Crippen molar-refractivity contribution in [2.45, 2.75) is 0 Å². The van der Waals surface area contributed by atoms with E-state index in [0.29, 0.717) is 5.69 Å². The minimum absolute atomic E-state index is 0.0695. The minimum atomic E-state index is -1.07. The molecule has 2 N–H and O–H groups in total. The molecule has 2 rings (SSSR count). The van der Waals surface area contributed by atoms with Gasteiger partial charge in [-0.2, -0.15) is 0 Å². The Hall–Kier alpha value is -2.10. The molecule has 15 heavy (non-hydrogen) atoms. The van der Waals surface area contributed by atoms with Gasteiger partial charge in [0.2, 0.25) is 0 Å². The van der Waals surface area contributed by atoms with E-state index in [9.17, 15) is 9.18 Å². The SMILES string of the molecule is O=C(O)c1cc[nH]c1-c1ccccc1F. The summed E-state index contributed by atoms with van der Waals surface area (Å²) >= 11 is 0. The second kappa shape index (κ2) is 3.57. The monoisotopic (exact) mass is 205 g/mol. The van der Waals surface area contributed by atoms with E-state index in [1.54, 1.807) is 12.1 Å². The van der Waals surface area contributed by atoms with Crippen LogP contribution in [0.2, 0.25) is 0 Å². The standard InChI is InChI=1S/C11H8FNO2/c12-9-4-2-1-3-7(9)10-8(11(14)15)5-6-13-10/h1-6,13H,(H,14,15). The van der Waals surface area contributed by atoms with Crippen molar-refractivity contribution >= 4 is 5.97 Å². The molecule has 0 aliphatic carbocycles. The highest BCUT2D eigenvalue weighted by Crippen LogP contribution is 2.24. The summed E-state index contributed by atoms with van der Waals surface area (Å²) in [6, 6.07) is 7.45. The Morgan fingerprint density at radius 2 is 2.00 bits per heavy atom. The number of carboxylic acids is 1. The number of benzene rings is 1. The fraction of sp³-hybridized carbons (Fsp3) is 0. The highest BCUT2D eigenvalue weighted by atomic mass is 19.1. The molecule has 0 atom stereocenters. The number of H-pyrrole nitrogens is 1. The lowest BCUT2D eigenvalue weighted by Crippen LogP contribution is -1.97. The van der Waals surface area contributed by atoms with Crippen LogP contribution in [-0.2, 0) is 0 Å². The molecule has 0 spiro atoms. The molecule has 2 aromatic rings. The van der Waals surface area contributed by atoms with Crippen LogP contribution in [0.4, 0.5) is 4.39 Å². The maximum atomic E-state index is 13.4. The van der Waals surface area contributed by atoms with Gasteiger partial charge in [0.15, 0.2) is 0 Å². The predicted octanol–water partition coefficient (Wildman–Crippen LogP) is 2.52. The second-order valence-electron chi connectivity index (χ2n) is 3.05. The van der Waals surface area contributed by atoms with E-state index in [1.165, 1.54) is 24.4 Å². The number of aromatic nitrogens is 1. The summed E-state index contributed by atoms with van der Waals surface area (Å²) in [4.78, 5) is 13.5. The third-order valence-corrected chi connectivity index (χ3v) is 2.12. The molecule has 0 bridgehead atoms. The summed E-state index contributed by atoms with van der Waals surface area (Å²) in [7, 11) is 0. The van der Waals surface area contributed by atoms with E-state index >= 15 is 0 Å². The van der Waals surface area contributed by atoms with Crippen LogP contribution in [-0.4, -0.2) is 16.1 Å². The van der Waals surface area contributed by atoms with Crippen LogP contribution in [0, 0.1) is 5.82 Å². The van der Waals surface area contributed by atoms with Crippen LogP contribution in [0.25, 0.3) is 11.3 Å². The van der Waals surface area contributed by atoms with Gasteiger partial charge in [0.05, 0.1) is 11.3 Å². The van der Waals surface area contributed by atoms with Crippen molar-refractivity contribution in [3.8, 4) is 11.3 Å². The van der Waals surface area contributed by atoms with Gasteiger partial charge in [-0.1, -0.05) is 12.1 Å². The van der Waals surface area contributed by atoms with Crippen LogP contribution in [0.1, 0.15) is 10.4 Å². The normalized spacial score (nSPS) is 10.2. The molecule has 0 radical (unpaired) electrons. The zero-order valence-electron chi connectivity index (χ0n) is 7.70. The first kappa shape index (κ1) is 9.45. The van der Waals surface area contributed by atoms with Gasteiger partial charge in [-0.15, -0.1) is 0 Å². The van der Waals surface area contributed by atoms with Gasteiger partial charge in [-0.05, 0) is 18.2 Å². The van der Waals surface area contributed by atoms with Crippen molar-refractivity contribution in [2.75, 3.05) is 0 Å². The molecule has 0 fully saturated rings. The third kappa shape index (κ3) is 1.61. The van der Waals surface area contributed by atoms with Gasteiger partial charge in [0, 0.05) is 11.8 Å². The average Bonchev–Trinajstić information content (AvgIpc) is 2.67. The fourth-order valence-corrected chi connectivity index (χ4v) is 1.43. The van der Waals surface area contributed by atoms with E-state index in [0.717, 1.165) is 0 Å². The van der Waals surface area contributed by atoms with Crippen LogP contribution < -0.4 is 0 Å². The summed E-state index contributed by atoms with van der Waals surface area (Å²) in [5, 5.41) is 8.86. The lowest BCUT2D eigenvalue weighted by molar-refractivity contribution is 0.0698. The Morgan fingerprint density at radius 3 is 2.67 bits per heavy atom. The van der Waals surface area contributed by atoms with E-state index in [1.807, 2.05) is 0 Å². The number of aromatic carboxylic acids is 1. The largest absolute Gasteiger partial charge is 0.478 e. The van der Waals surface area contributed by atoms with E-state index < -0.39 is 11.8 Å². The van der Waals surface area contributed by atoms with Gasteiger partial charge in [0.25, 0.3) is 0 Å². The number of nitrogens with one attached hydrogen (secondary N) is 1. The van der Waals surface area contributed by atoms with E-state index in [2.05, 4.69) is 4.98 Å². The first-order valence-corrected chi connectivity index (χ1v) is 4.35. The molecule has 1 aromatic heterocycles. The lowest BCUT2D eigenvalue weighted by atomic mass is 10.1. The topological polar surface area (TPSA) is 53.1 Å². The van der Waals surface area contributed by atoms with Crippen molar-refractivity contribution < 1.29 is 14.3 Å². The quantitative estimate of drug-likeness (QED) is 0.791. The van der Waals surface area contributed by atoms with Gasteiger partial charge in [0.1, 0.15) is 5.82 Å². The van der Waals surface area contributed by atoms with Gasteiger partial charge in [-0.3, -0.25) is 0 Å². The molecular weight excluding hydrogens is 197 g/mol. The summed E-state index contributed by atoms with van der Waals surface area (Å²) in [6.07, 6.45) is 1.48. The Morgan fingerprint density at radius 1 is 1.27 bits per heavy atom. The minimum Gasteiger partial charge on any atom is -0.478 e. The van der Waals surface area contributed by atoms with Crippen LogP contribution in [0.15, 0.2) is 36.5 Å². The maximum absolute atomic E-state index is 13.4. The van der Waals surface area contributed by atoms with Crippen molar-refractivity contribution in [2.24, 2.45) is 0 Å². The molecule has 0 aliphatic rings. The Bertz CT molecular complexity index is 505. The molecule has 3 nitrogen and oxygen atoms in total. The van der Waals surface area contributed by atoms with Crippen LogP contribution in [0.5, 0.6) is 0 Å². The molecule has 0 saturated heterocycles. The molecule has 0 aliphatic heterocycles. The van der Waals surface area contributed by atoms with Gasteiger partial charge >= 0.3 is 5.97 Å². The maximum Gasteiger partial charge on any atom is 0.337 e. The van der Waals surface area contributed by atoms with Gasteiger partial charge in [-0.25, -0.2) is 9.18 Å². The Kier molecular flexibility index (Phi) is 2.25. The van der Waals surface area contributed by atoms with E-state index in [-0.39, 0.29) is 11.1 Å². The number of carbonyl (C=O) groups is 1. The number of rotatable bonds is 2. The van der Waals surface area contributed by atoms with Crippen molar-refractivity contribution in [1.82, 2.24) is 4.98 Å². The first-order chi connectivity index (χ1) is 7.20. The zero-order valence-corrected chi connectivity index (χ0v) is 7.70. The molecule has 76 valence electrons. The number of halogens is 1. The average molecular weight is 205 g/mol. The molecular formula is C11H8FNO2. The highest BCUT2D eigenvalue weighted by molar-refractivity contribution is 5.95. The lowest BCUT2D eigenvalue weighted by Gasteiger charge is -2.01. The van der Waals surface area contributed by atoms with Crippen LogP contribution in [0.3, 0.4) is 0 Å². The number of hydrogen-bond acceptors (Lipinski definition) is 1. The number of hydrogen-bond donors (Lipinski definition) is 2. The summed E-state index contributed by atoms with van der Waals surface area (Å²) in [6.45, 7) is 0. The van der Waals surface area contributed by atoms with Crippen molar-refractivity contribution in [3.63, 3.8) is 0 Å². The van der Waals surface area contributed by atoms with Crippen LogP contribution >= 0.6 is 0 Å². The second-order valence-corrected chi connectivity index (χ2v) is 3.05. The molecule has 0 saturated carbocycles. The Balaban J connectivity index is 2.59. The van der Waals surface area contributed by atoms with Crippen molar-refractivity contribution in [1.29, 1.82) is 0 Å². The fourth-order valence-electron chi connectivity index (χ4n) is 1.43. The smallest absolute Gasteiger partial charge is 0.337 e. The Labute approximate surface area is 85.2 Å². The summed E-state index contributed by atoms with van der Waals surface area (Å²) in [5.74, 6) is -1.52. The summed E-state index contributed by atoms with van der Waals surface area (Å²) < 4.78 is 13.4. The number of carboxylic acid groups (broad SMARTS) is 1. The predicted molar refractivity (Wildman–Crippen MR) is 53.1 cm³/mol. The van der Waals surface area contributed by atoms with Gasteiger partial charge < -0.3 is 10.1 Å². The first-order valence-electron chi connectivity index (χ1n) is 4.35. The van der Waals surface area contributed by atoms with Crippen molar-refractivity contribution in [3.05, 3.63) is 47.9 Å². The molecule has 0 unspecified atom stereocenters. The third-order valence-electron chi connectivity index (χ3n) is 2.12.